The van der Waals surface area contributed by atoms with Gasteiger partial charge in [-0.05, 0) is 37.1 Å². The molecule has 0 aliphatic rings. The maximum atomic E-state index is 5.55. The zero-order valence-electron chi connectivity index (χ0n) is 12.6. The summed E-state index contributed by atoms with van der Waals surface area (Å²) in [6.07, 6.45) is 10.8. The first kappa shape index (κ1) is 14.5. The second-order valence-corrected chi connectivity index (χ2v) is 5.34. The highest BCUT2D eigenvalue weighted by Crippen LogP contribution is 2.12. The van der Waals surface area contributed by atoms with Crippen molar-refractivity contribution < 1.29 is 0 Å². The van der Waals surface area contributed by atoms with E-state index < -0.39 is 0 Å². The van der Waals surface area contributed by atoms with Gasteiger partial charge in [0, 0.05) is 31.6 Å². The molecule has 0 fully saturated rings. The van der Waals surface area contributed by atoms with Crippen LogP contribution < -0.4 is 5.73 Å². The molecule has 0 aliphatic heterocycles. The normalized spacial score (nSPS) is 11.0. The average Bonchev–Trinajstić information content (AvgIpc) is 3.19. The van der Waals surface area contributed by atoms with E-state index in [1.807, 2.05) is 53.6 Å². The molecule has 0 bridgehead atoms. The van der Waals surface area contributed by atoms with Gasteiger partial charge in [0.15, 0.2) is 0 Å². The maximum absolute atomic E-state index is 5.55. The molecule has 0 atom stereocenters. The first-order valence-corrected chi connectivity index (χ1v) is 7.66. The summed E-state index contributed by atoms with van der Waals surface area (Å²) in [6.45, 7) is 1.72. The molecule has 0 aliphatic carbocycles. The minimum atomic E-state index is 0.744. The summed E-state index contributed by atoms with van der Waals surface area (Å²) >= 11 is 0. The van der Waals surface area contributed by atoms with Gasteiger partial charge < -0.3 is 10.3 Å². The van der Waals surface area contributed by atoms with E-state index in [0.29, 0.717) is 0 Å². The van der Waals surface area contributed by atoms with Crippen molar-refractivity contribution in [3.05, 3.63) is 66.5 Å². The lowest BCUT2D eigenvalue weighted by Crippen LogP contribution is -2.06. The van der Waals surface area contributed by atoms with Gasteiger partial charge in [0.1, 0.15) is 5.82 Å². The summed E-state index contributed by atoms with van der Waals surface area (Å²) in [4.78, 5) is 4.47. The molecule has 114 valence electrons. The Labute approximate surface area is 130 Å². The third-order valence-corrected chi connectivity index (χ3v) is 3.67. The van der Waals surface area contributed by atoms with Crippen molar-refractivity contribution in [2.24, 2.45) is 5.73 Å². The Morgan fingerprint density at radius 2 is 1.95 bits per heavy atom. The molecular formula is C17H21N5. The monoisotopic (exact) mass is 295 g/mol. The Morgan fingerprint density at radius 1 is 1.09 bits per heavy atom. The number of unbranched alkanes of at least 4 members (excludes halogenated alkanes) is 1. The molecule has 2 heterocycles. The van der Waals surface area contributed by atoms with Crippen molar-refractivity contribution in [1.82, 2.24) is 19.3 Å². The lowest BCUT2D eigenvalue weighted by molar-refractivity contribution is 0.595. The third-order valence-electron chi connectivity index (χ3n) is 3.67. The zero-order valence-corrected chi connectivity index (χ0v) is 12.6. The van der Waals surface area contributed by atoms with E-state index in [-0.39, 0.29) is 0 Å². The van der Waals surface area contributed by atoms with Crippen molar-refractivity contribution in [1.29, 1.82) is 0 Å². The Kier molecular flexibility index (Phi) is 4.65. The SMILES string of the molecule is NCCCCn1ccnc1Cc1cnn(-c2ccccc2)c1. The molecule has 3 rings (SSSR count). The number of rotatable bonds is 7. The van der Waals surface area contributed by atoms with E-state index in [9.17, 15) is 0 Å². The molecule has 22 heavy (non-hydrogen) atoms. The van der Waals surface area contributed by atoms with Crippen molar-refractivity contribution in [2.45, 2.75) is 25.8 Å². The van der Waals surface area contributed by atoms with Gasteiger partial charge in [-0.25, -0.2) is 9.67 Å². The van der Waals surface area contributed by atoms with Crippen LogP contribution in [0.25, 0.3) is 5.69 Å². The number of aryl methyl sites for hydroxylation is 1. The molecule has 0 unspecified atom stereocenters. The quantitative estimate of drug-likeness (QED) is 0.681. The molecule has 2 N–H and O–H groups in total. The van der Waals surface area contributed by atoms with Crippen LogP contribution in [-0.4, -0.2) is 25.9 Å². The second kappa shape index (κ2) is 7.04. The van der Waals surface area contributed by atoms with Crippen molar-refractivity contribution in [2.75, 3.05) is 6.54 Å². The van der Waals surface area contributed by atoms with E-state index in [1.165, 1.54) is 0 Å². The molecule has 0 radical (unpaired) electrons. The number of hydrogen-bond donors (Lipinski definition) is 1. The highest BCUT2D eigenvalue weighted by molar-refractivity contribution is 5.31. The number of hydrogen-bond acceptors (Lipinski definition) is 3. The number of para-hydroxylation sites is 1. The van der Waals surface area contributed by atoms with Crippen LogP contribution in [0.3, 0.4) is 0 Å². The predicted molar refractivity (Wildman–Crippen MR) is 86.9 cm³/mol. The van der Waals surface area contributed by atoms with Crippen molar-refractivity contribution in [3.63, 3.8) is 0 Å². The molecule has 0 saturated heterocycles. The van der Waals surface area contributed by atoms with E-state index in [4.69, 9.17) is 5.73 Å². The number of nitrogens with zero attached hydrogens (tertiary/aromatic N) is 4. The van der Waals surface area contributed by atoms with Crippen molar-refractivity contribution in [3.8, 4) is 5.69 Å². The lowest BCUT2D eigenvalue weighted by Gasteiger charge is -2.06. The summed E-state index contributed by atoms with van der Waals surface area (Å²) in [5, 5.41) is 4.44. The average molecular weight is 295 g/mol. The summed E-state index contributed by atoms with van der Waals surface area (Å²) < 4.78 is 4.10. The summed E-state index contributed by atoms with van der Waals surface area (Å²) in [6, 6.07) is 10.1. The summed E-state index contributed by atoms with van der Waals surface area (Å²) in [5.41, 5.74) is 7.78. The number of aromatic nitrogens is 4. The highest BCUT2D eigenvalue weighted by atomic mass is 15.3. The zero-order chi connectivity index (χ0) is 15.2. The van der Waals surface area contributed by atoms with Gasteiger partial charge in [-0.3, -0.25) is 0 Å². The van der Waals surface area contributed by atoms with Crippen LogP contribution >= 0.6 is 0 Å². The Hall–Kier alpha value is -2.40. The molecular weight excluding hydrogens is 274 g/mol. The third kappa shape index (κ3) is 3.43. The number of imidazole rings is 1. The van der Waals surface area contributed by atoms with Crippen LogP contribution in [0, 0.1) is 0 Å². The first-order valence-electron chi connectivity index (χ1n) is 7.66. The maximum Gasteiger partial charge on any atom is 0.113 e. The van der Waals surface area contributed by atoms with Gasteiger partial charge in [0.25, 0.3) is 0 Å². The Morgan fingerprint density at radius 3 is 2.77 bits per heavy atom. The van der Waals surface area contributed by atoms with Crippen LogP contribution in [0.15, 0.2) is 55.1 Å². The van der Waals surface area contributed by atoms with Gasteiger partial charge in [-0.15, -0.1) is 0 Å². The first-order chi connectivity index (χ1) is 10.9. The van der Waals surface area contributed by atoms with Crippen molar-refractivity contribution >= 4 is 0 Å². The number of benzene rings is 1. The molecule has 0 amide bonds. The Balaban J connectivity index is 1.69. The summed E-state index contributed by atoms with van der Waals surface area (Å²) in [7, 11) is 0. The number of nitrogens with two attached hydrogens (primary N) is 1. The molecule has 2 aromatic heterocycles. The molecule has 0 saturated carbocycles. The summed E-state index contributed by atoms with van der Waals surface area (Å²) in [5.74, 6) is 1.07. The van der Waals surface area contributed by atoms with E-state index >= 15 is 0 Å². The fraction of sp³-hybridized carbons (Fsp3) is 0.294. The van der Waals surface area contributed by atoms with E-state index in [0.717, 1.165) is 49.4 Å². The predicted octanol–water partition coefficient (Wildman–Crippen LogP) is 2.40. The van der Waals surface area contributed by atoms with E-state index in [2.05, 4.69) is 20.8 Å². The Bertz CT molecular complexity index is 699. The topological polar surface area (TPSA) is 61.7 Å². The minimum Gasteiger partial charge on any atom is -0.335 e. The van der Waals surface area contributed by atoms with Gasteiger partial charge in [-0.1, -0.05) is 18.2 Å². The molecule has 3 aromatic rings. The fourth-order valence-electron chi connectivity index (χ4n) is 2.49. The van der Waals surface area contributed by atoms with E-state index in [1.54, 1.807) is 0 Å². The standard InChI is InChI=1S/C17H21N5/c18-8-4-5-10-21-11-9-19-17(21)12-15-13-20-22(14-15)16-6-2-1-3-7-16/h1-3,6-7,9,11,13-14H,4-5,8,10,12,18H2. The molecule has 5 nitrogen and oxygen atoms in total. The van der Waals surface area contributed by atoms with Gasteiger partial charge in [0.2, 0.25) is 0 Å². The second-order valence-electron chi connectivity index (χ2n) is 5.34. The van der Waals surface area contributed by atoms with Crippen LogP contribution in [0.5, 0.6) is 0 Å². The molecule has 1 aromatic carbocycles. The molecule has 0 spiro atoms. The highest BCUT2D eigenvalue weighted by Gasteiger charge is 2.07. The minimum absolute atomic E-state index is 0.744. The van der Waals surface area contributed by atoms with Gasteiger partial charge in [-0.2, -0.15) is 5.10 Å². The fourth-order valence-corrected chi connectivity index (χ4v) is 2.49. The van der Waals surface area contributed by atoms with Gasteiger partial charge >= 0.3 is 0 Å². The smallest absolute Gasteiger partial charge is 0.113 e. The largest absolute Gasteiger partial charge is 0.335 e. The van der Waals surface area contributed by atoms with Crippen LogP contribution in [0.4, 0.5) is 0 Å². The molecule has 5 heteroatoms. The van der Waals surface area contributed by atoms with Gasteiger partial charge in [0.05, 0.1) is 11.9 Å². The van der Waals surface area contributed by atoms with Crippen LogP contribution in [0.1, 0.15) is 24.2 Å². The lowest BCUT2D eigenvalue weighted by atomic mass is 10.2. The van der Waals surface area contributed by atoms with Crippen LogP contribution in [-0.2, 0) is 13.0 Å². The van der Waals surface area contributed by atoms with Crippen LogP contribution in [0.2, 0.25) is 0 Å².